The second-order valence-corrected chi connectivity index (χ2v) is 6.27. The van der Waals surface area contributed by atoms with E-state index in [9.17, 15) is 4.79 Å². The Balaban J connectivity index is 1.98. The number of hydrogen-bond acceptors (Lipinski definition) is 3. The van der Waals surface area contributed by atoms with Gasteiger partial charge < -0.3 is 16.0 Å². The Morgan fingerprint density at radius 2 is 2.00 bits per heavy atom. The minimum Gasteiger partial charge on any atom is -0.371 e. The van der Waals surface area contributed by atoms with Crippen molar-refractivity contribution in [2.75, 3.05) is 18.0 Å². The van der Waals surface area contributed by atoms with Crippen molar-refractivity contribution in [2.24, 2.45) is 11.7 Å². The molecule has 21 heavy (non-hydrogen) atoms. The summed E-state index contributed by atoms with van der Waals surface area (Å²) in [5.41, 5.74) is 7.97. The molecule has 3 N–H and O–H groups in total. The molecule has 1 aromatic rings. The number of hydrogen-bond donors (Lipinski definition) is 2. The van der Waals surface area contributed by atoms with Crippen molar-refractivity contribution in [1.82, 2.24) is 5.32 Å². The number of nitrogens with zero attached hydrogens (tertiary/aromatic N) is 1. The number of nitrogens with one attached hydrogen (secondary N) is 1. The van der Waals surface area contributed by atoms with Crippen LogP contribution < -0.4 is 16.0 Å². The first-order chi connectivity index (χ1) is 10.1. The molecule has 0 aromatic heterocycles. The van der Waals surface area contributed by atoms with Gasteiger partial charge in [0.05, 0.1) is 0 Å². The number of benzene rings is 1. The first-order valence-corrected chi connectivity index (χ1v) is 7.90. The van der Waals surface area contributed by atoms with E-state index in [-0.39, 0.29) is 5.91 Å². The molecule has 0 aliphatic carbocycles. The van der Waals surface area contributed by atoms with Crippen LogP contribution in [-0.4, -0.2) is 25.0 Å². The molecule has 0 atom stereocenters. The lowest BCUT2D eigenvalue weighted by Gasteiger charge is -2.34. The molecule has 0 saturated carbocycles. The van der Waals surface area contributed by atoms with Crippen LogP contribution in [0.25, 0.3) is 0 Å². The minimum absolute atomic E-state index is 0.171. The van der Waals surface area contributed by atoms with E-state index in [1.54, 1.807) is 0 Å². The van der Waals surface area contributed by atoms with Crippen LogP contribution in [0.3, 0.4) is 0 Å². The van der Waals surface area contributed by atoms with Crippen LogP contribution in [-0.2, 0) is 11.3 Å². The van der Waals surface area contributed by atoms with E-state index in [0.29, 0.717) is 18.4 Å². The number of rotatable bonds is 6. The third-order valence-corrected chi connectivity index (χ3v) is 4.14. The normalized spacial score (nSPS) is 16.4. The summed E-state index contributed by atoms with van der Waals surface area (Å²) in [4.78, 5) is 13.5. The average Bonchev–Trinajstić information content (AvgIpc) is 2.46. The summed E-state index contributed by atoms with van der Waals surface area (Å²) in [5.74, 6) is 0.287. The molecule has 0 radical (unpaired) electrons. The minimum atomic E-state index is -0.171. The van der Waals surface area contributed by atoms with Gasteiger partial charge in [0.25, 0.3) is 0 Å². The van der Waals surface area contributed by atoms with Gasteiger partial charge in [-0.2, -0.15) is 0 Å². The summed E-state index contributed by atoms with van der Waals surface area (Å²) < 4.78 is 0. The SMILES string of the molecule is CC(C)NCc1ccccc1N1CCC(CC(N)=O)CC1. The molecular weight excluding hydrogens is 262 g/mol. The van der Waals surface area contributed by atoms with Crippen LogP contribution in [0.1, 0.15) is 38.7 Å². The molecule has 4 nitrogen and oxygen atoms in total. The van der Waals surface area contributed by atoms with Gasteiger partial charge >= 0.3 is 0 Å². The highest BCUT2D eigenvalue weighted by molar-refractivity contribution is 5.74. The highest BCUT2D eigenvalue weighted by Crippen LogP contribution is 2.27. The van der Waals surface area contributed by atoms with Crippen molar-refractivity contribution in [3.8, 4) is 0 Å². The molecule has 1 aliphatic heterocycles. The summed E-state index contributed by atoms with van der Waals surface area (Å²) in [6.45, 7) is 7.25. The van der Waals surface area contributed by atoms with E-state index in [4.69, 9.17) is 5.73 Å². The predicted molar refractivity (Wildman–Crippen MR) is 87.2 cm³/mol. The first kappa shape index (κ1) is 15.8. The fraction of sp³-hybridized carbons (Fsp3) is 0.588. The summed E-state index contributed by atoms with van der Waals surface area (Å²) in [6.07, 6.45) is 2.63. The van der Waals surface area contributed by atoms with E-state index in [1.807, 2.05) is 0 Å². The van der Waals surface area contributed by atoms with Crippen LogP contribution in [0.5, 0.6) is 0 Å². The van der Waals surface area contributed by atoms with Crippen molar-refractivity contribution < 1.29 is 4.79 Å². The van der Waals surface area contributed by atoms with Gasteiger partial charge in [0.2, 0.25) is 5.91 Å². The van der Waals surface area contributed by atoms with E-state index in [2.05, 4.69) is 48.3 Å². The van der Waals surface area contributed by atoms with Crippen LogP contribution in [0.4, 0.5) is 5.69 Å². The maximum absolute atomic E-state index is 11.0. The number of carbonyl (C=O) groups is 1. The number of amides is 1. The first-order valence-electron chi connectivity index (χ1n) is 7.90. The summed E-state index contributed by atoms with van der Waals surface area (Å²) in [7, 11) is 0. The van der Waals surface area contributed by atoms with Crippen molar-refractivity contribution in [2.45, 2.75) is 45.7 Å². The molecule has 0 bridgehead atoms. The number of primary amides is 1. The lowest BCUT2D eigenvalue weighted by atomic mass is 9.92. The Morgan fingerprint density at radius 1 is 1.33 bits per heavy atom. The zero-order valence-corrected chi connectivity index (χ0v) is 13.1. The predicted octanol–water partition coefficient (Wildman–Crippen LogP) is 2.28. The number of nitrogens with two attached hydrogens (primary N) is 1. The molecule has 116 valence electrons. The Bertz CT molecular complexity index is 465. The Hall–Kier alpha value is -1.55. The highest BCUT2D eigenvalue weighted by atomic mass is 16.1. The average molecular weight is 289 g/mol. The van der Waals surface area contributed by atoms with Gasteiger partial charge in [-0.3, -0.25) is 4.79 Å². The maximum atomic E-state index is 11.0. The van der Waals surface area contributed by atoms with Crippen LogP contribution in [0, 0.1) is 5.92 Å². The molecule has 1 amide bonds. The van der Waals surface area contributed by atoms with Gasteiger partial charge in [0.1, 0.15) is 0 Å². The van der Waals surface area contributed by atoms with E-state index >= 15 is 0 Å². The Labute approximate surface area is 127 Å². The van der Waals surface area contributed by atoms with Crippen molar-refractivity contribution in [3.05, 3.63) is 29.8 Å². The second-order valence-electron chi connectivity index (χ2n) is 6.27. The molecular formula is C17H27N3O. The van der Waals surface area contributed by atoms with Gasteiger partial charge in [0.15, 0.2) is 0 Å². The van der Waals surface area contributed by atoms with E-state index in [0.717, 1.165) is 32.5 Å². The zero-order valence-electron chi connectivity index (χ0n) is 13.1. The van der Waals surface area contributed by atoms with Crippen molar-refractivity contribution in [1.29, 1.82) is 0 Å². The van der Waals surface area contributed by atoms with Crippen molar-refractivity contribution >= 4 is 11.6 Å². The fourth-order valence-corrected chi connectivity index (χ4v) is 2.95. The van der Waals surface area contributed by atoms with Crippen LogP contribution in [0.15, 0.2) is 24.3 Å². The van der Waals surface area contributed by atoms with Gasteiger partial charge in [-0.1, -0.05) is 32.0 Å². The van der Waals surface area contributed by atoms with E-state index < -0.39 is 0 Å². The molecule has 1 saturated heterocycles. The van der Waals surface area contributed by atoms with Crippen LogP contribution in [0.2, 0.25) is 0 Å². The summed E-state index contributed by atoms with van der Waals surface area (Å²) >= 11 is 0. The molecule has 2 rings (SSSR count). The van der Waals surface area contributed by atoms with E-state index in [1.165, 1.54) is 11.3 Å². The molecule has 4 heteroatoms. The second kappa shape index (κ2) is 7.46. The third kappa shape index (κ3) is 4.74. The molecule has 1 heterocycles. The smallest absolute Gasteiger partial charge is 0.217 e. The maximum Gasteiger partial charge on any atom is 0.217 e. The van der Waals surface area contributed by atoms with Crippen LogP contribution >= 0.6 is 0 Å². The number of anilines is 1. The Morgan fingerprint density at radius 3 is 2.62 bits per heavy atom. The standard InChI is InChI=1S/C17H27N3O/c1-13(2)19-12-15-5-3-4-6-16(15)20-9-7-14(8-10-20)11-17(18)21/h3-6,13-14,19H,7-12H2,1-2H3,(H2,18,21). The van der Waals surface area contributed by atoms with Gasteiger partial charge in [0, 0.05) is 37.8 Å². The lowest BCUT2D eigenvalue weighted by molar-refractivity contribution is -0.119. The van der Waals surface area contributed by atoms with Gasteiger partial charge in [-0.05, 0) is 30.4 Å². The zero-order chi connectivity index (χ0) is 15.2. The number of carbonyl (C=O) groups excluding carboxylic acids is 1. The third-order valence-electron chi connectivity index (χ3n) is 4.14. The molecule has 1 fully saturated rings. The quantitative estimate of drug-likeness (QED) is 0.844. The highest BCUT2D eigenvalue weighted by Gasteiger charge is 2.22. The lowest BCUT2D eigenvalue weighted by Crippen LogP contribution is -2.36. The fourth-order valence-electron chi connectivity index (χ4n) is 2.95. The summed E-state index contributed by atoms with van der Waals surface area (Å²) in [6, 6.07) is 9.08. The molecule has 1 aromatic carbocycles. The van der Waals surface area contributed by atoms with Crippen molar-refractivity contribution in [3.63, 3.8) is 0 Å². The largest absolute Gasteiger partial charge is 0.371 e. The number of piperidine rings is 1. The summed E-state index contributed by atoms with van der Waals surface area (Å²) in [5, 5.41) is 3.49. The Kier molecular flexibility index (Phi) is 5.62. The van der Waals surface area contributed by atoms with Gasteiger partial charge in [-0.25, -0.2) is 0 Å². The monoisotopic (exact) mass is 289 g/mol. The topological polar surface area (TPSA) is 58.4 Å². The molecule has 0 spiro atoms. The van der Waals surface area contributed by atoms with Gasteiger partial charge in [-0.15, -0.1) is 0 Å². The molecule has 0 unspecified atom stereocenters. The molecule has 1 aliphatic rings. The number of para-hydroxylation sites is 1.